The van der Waals surface area contributed by atoms with Crippen molar-refractivity contribution in [1.29, 1.82) is 0 Å². The molecule has 0 saturated carbocycles. The van der Waals surface area contributed by atoms with Crippen molar-refractivity contribution >= 4 is 12.0 Å². The van der Waals surface area contributed by atoms with Gasteiger partial charge in [0.05, 0.1) is 19.2 Å². The van der Waals surface area contributed by atoms with Crippen LogP contribution in [0.4, 0.5) is 0 Å². The fourth-order valence-electron chi connectivity index (χ4n) is 3.48. The summed E-state index contributed by atoms with van der Waals surface area (Å²) in [5, 5.41) is 0. The van der Waals surface area contributed by atoms with Gasteiger partial charge in [-0.1, -0.05) is 48.5 Å². The Kier molecular flexibility index (Phi) is 6.58. The molecule has 4 nitrogen and oxygen atoms in total. The average molecular weight is 352 g/mol. The molecule has 0 aliphatic carbocycles. The highest BCUT2D eigenvalue weighted by molar-refractivity contribution is 5.89. The van der Waals surface area contributed by atoms with Crippen LogP contribution in [0.15, 0.2) is 60.7 Å². The molecule has 1 heterocycles. The molecule has 0 radical (unpaired) electrons. The lowest BCUT2D eigenvalue weighted by Crippen LogP contribution is -3.27. The van der Waals surface area contributed by atoms with Crippen LogP contribution in [0.3, 0.4) is 0 Å². The zero-order valence-corrected chi connectivity index (χ0v) is 15.4. The van der Waals surface area contributed by atoms with E-state index in [1.54, 1.807) is 9.80 Å². The average Bonchev–Trinajstić information content (AvgIpc) is 2.70. The SMILES string of the molecule is COC(=O)c1cccc(C[NH+]2CC[NH+](C/C=C/c3ccccc3)CC2)c1. The maximum atomic E-state index is 11.7. The summed E-state index contributed by atoms with van der Waals surface area (Å²) in [6, 6.07) is 18.3. The van der Waals surface area contributed by atoms with Crippen molar-refractivity contribution in [2.75, 3.05) is 39.8 Å². The number of piperazine rings is 1. The van der Waals surface area contributed by atoms with Crippen molar-refractivity contribution < 1.29 is 19.3 Å². The summed E-state index contributed by atoms with van der Waals surface area (Å²) in [4.78, 5) is 14.9. The summed E-state index contributed by atoms with van der Waals surface area (Å²) in [5.74, 6) is -0.263. The van der Waals surface area contributed by atoms with Crippen LogP contribution in [0, 0.1) is 0 Å². The van der Waals surface area contributed by atoms with E-state index in [0.29, 0.717) is 5.56 Å². The van der Waals surface area contributed by atoms with E-state index in [1.807, 2.05) is 24.3 Å². The van der Waals surface area contributed by atoms with E-state index in [1.165, 1.54) is 31.3 Å². The minimum Gasteiger partial charge on any atom is -0.465 e. The summed E-state index contributed by atoms with van der Waals surface area (Å²) < 4.78 is 4.81. The number of quaternary nitrogens is 2. The first-order chi connectivity index (χ1) is 12.7. The Morgan fingerprint density at radius 2 is 1.73 bits per heavy atom. The molecule has 2 aromatic rings. The molecule has 26 heavy (non-hydrogen) atoms. The fourth-order valence-corrected chi connectivity index (χ4v) is 3.48. The number of hydrogen-bond donors (Lipinski definition) is 2. The number of carbonyl (C=O) groups excluding carboxylic acids is 1. The van der Waals surface area contributed by atoms with Crippen LogP contribution in [0.5, 0.6) is 0 Å². The van der Waals surface area contributed by atoms with E-state index in [2.05, 4.69) is 42.5 Å². The number of ether oxygens (including phenoxy) is 1. The van der Waals surface area contributed by atoms with Crippen LogP contribution in [-0.4, -0.2) is 45.8 Å². The van der Waals surface area contributed by atoms with Crippen molar-refractivity contribution in [3.63, 3.8) is 0 Å². The van der Waals surface area contributed by atoms with Crippen molar-refractivity contribution in [2.45, 2.75) is 6.54 Å². The van der Waals surface area contributed by atoms with Gasteiger partial charge >= 0.3 is 5.97 Å². The molecule has 0 aromatic heterocycles. The highest BCUT2D eigenvalue weighted by Crippen LogP contribution is 2.05. The molecule has 1 saturated heterocycles. The van der Waals surface area contributed by atoms with Gasteiger partial charge < -0.3 is 14.5 Å². The van der Waals surface area contributed by atoms with Crippen LogP contribution in [0.1, 0.15) is 21.5 Å². The van der Waals surface area contributed by atoms with Crippen LogP contribution in [0.2, 0.25) is 0 Å². The monoisotopic (exact) mass is 352 g/mol. The van der Waals surface area contributed by atoms with Crippen LogP contribution in [-0.2, 0) is 11.3 Å². The van der Waals surface area contributed by atoms with Crippen molar-refractivity contribution in [3.05, 3.63) is 77.4 Å². The Hall–Kier alpha value is -2.43. The summed E-state index contributed by atoms with van der Waals surface area (Å²) in [5.41, 5.74) is 3.11. The van der Waals surface area contributed by atoms with Crippen LogP contribution in [0.25, 0.3) is 6.08 Å². The topological polar surface area (TPSA) is 35.2 Å². The zero-order valence-electron chi connectivity index (χ0n) is 15.4. The third-order valence-electron chi connectivity index (χ3n) is 4.98. The second-order valence-corrected chi connectivity index (χ2v) is 6.89. The minimum absolute atomic E-state index is 0.263. The smallest absolute Gasteiger partial charge is 0.337 e. The van der Waals surface area contributed by atoms with Gasteiger partial charge in [0.25, 0.3) is 0 Å². The lowest BCUT2D eigenvalue weighted by molar-refractivity contribution is -1.02. The highest BCUT2D eigenvalue weighted by Gasteiger charge is 2.22. The molecular weight excluding hydrogens is 324 g/mol. The molecule has 2 N–H and O–H groups in total. The predicted molar refractivity (Wildman–Crippen MR) is 103 cm³/mol. The molecule has 0 atom stereocenters. The third kappa shape index (κ3) is 5.28. The quantitative estimate of drug-likeness (QED) is 0.742. The highest BCUT2D eigenvalue weighted by atomic mass is 16.5. The predicted octanol–water partition coefficient (Wildman–Crippen LogP) is 0.470. The van der Waals surface area contributed by atoms with Gasteiger partial charge in [-0.3, -0.25) is 0 Å². The standard InChI is InChI=1S/C22H26N2O2/c1-26-22(25)21-11-5-9-20(17-21)18-24-15-13-23(14-16-24)12-6-10-19-7-3-2-4-8-19/h2-11,17H,12-16,18H2,1H3/p+2/b10-6+. The van der Waals surface area contributed by atoms with Gasteiger partial charge in [-0.2, -0.15) is 0 Å². The molecule has 2 aromatic carbocycles. The van der Waals surface area contributed by atoms with E-state index < -0.39 is 0 Å². The number of nitrogens with one attached hydrogen (secondary N) is 2. The van der Waals surface area contributed by atoms with E-state index in [9.17, 15) is 4.79 Å². The van der Waals surface area contributed by atoms with Crippen molar-refractivity contribution in [2.24, 2.45) is 0 Å². The molecule has 0 amide bonds. The number of esters is 1. The fraction of sp³-hybridized carbons (Fsp3) is 0.318. The Morgan fingerprint density at radius 1 is 1.00 bits per heavy atom. The number of rotatable bonds is 6. The number of hydrogen-bond acceptors (Lipinski definition) is 2. The Bertz CT molecular complexity index is 735. The van der Waals surface area contributed by atoms with Gasteiger partial charge in [-0.25, -0.2) is 4.79 Å². The molecule has 1 aliphatic rings. The molecule has 1 fully saturated rings. The molecule has 1 aliphatic heterocycles. The lowest BCUT2D eigenvalue weighted by atomic mass is 10.1. The first-order valence-electron chi connectivity index (χ1n) is 9.30. The summed E-state index contributed by atoms with van der Waals surface area (Å²) >= 11 is 0. The van der Waals surface area contributed by atoms with E-state index >= 15 is 0 Å². The molecule has 3 rings (SSSR count). The van der Waals surface area contributed by atoms with Gasteiger partial charge in [-0.05, 0) is 23.8 Å². The second kappa shape index (κ2) is 9.32. The molecule has 0 bridgehead atoms. The van der Waals surface area contributed by atoms with E-state index in [4.69, 9.17) is 4.74 Å². The van der Waals surface area contributed by atoms with Gasteiger partial charge in [-0.15, -0.1) is 0 Å². The Labute approximate surface area is 155 Å². The maximum absolute atomic E-state index is 11.7. The first-order valence-corrected chi connectivity index (χ1v) is 9.30. The van der Waals surface area contributed by atoms with Gasteiger partial charge in [0.2, 0.25) is 0 Å². The van der Waals surface area contributed by atoms with Gasteiger partial charge in [0.1, 0.15) is 32.7 Å². The molecule has 0 spiro atoms. The minimum atomic E-state index is -0.263. The second-order valence-electron chi connectivity index (χ2n) is 6.89. The molecule has 0 unspecified atom stereocenters. The summed E-state index contributed by atoms with van der Waals surface area (Å²) in [7, 11) is 1.43. The van der Waals surface area contributed by atoms with Crippen LogP contribution >= 0.6 is 0 Å². The number of benzene rings is 2. The van der Waals surface area contributed by atoms with Gasteiger partial charge in [0.15, 0.2) is 0 Å². The summed E-state index contributed by atoms with van der Waals surface area (Å²) in [6.07, 6.45) is 4.50. The number of methoxy groups -OCH3 is 1. The molecule has 4 heteroatoms. The molecule has 136 valence electrons. The Morgan fingerprint density at radius 3 is 2.46 bits per heavy atom. The van der Waals surface area contributed by atoms with Crippen molar-refractivity contribution in [3.8, 4) is 0 Å². The Balaban J connectivity index is 1.45. The lowest BCUT2D eigenvalue weighted by Gasteiger charge is -2.29. The van der Waals surface area contributed by atoms with Crippen LogP contribution < -0.4 is 9.80 Å². The third-order valence-corrected chi connectivity index (χ3v) is 4.98. The largest absolute Gasteiger partial charge is 0.465 e. The van der Waals surface area contributed by atoms with E-state index in [0.717, 1.165) is 26.2 Å². The first kappa shape index (κ1) is 18.4. The normalized spacial score (nSPS) is 20.2. The summed E-state index contributed by atoms with van der Waals surface area (Å²) in [6.45, 7) is 6.75. The molecular formula is C22H28N2O2+2. The van der Waals surface area contributed by atoms with Gasteiger partial charge in [0, 0.05) is 5.56 Å². The van der Waals surface area contributed by atoms with E-state index in [-0.39, 0.29) is 5.97 Å². The maximum Gasteiger partial charge on any atom is 0.337 e. The zero-order chi connectivity index (χ0) is 18.2. The van der Waals surface area contributed by atoms with Crippen molar-refractivity contribution in [1.82, 2.24) is 0 Å². The number of carbonyl (C=O) groups is 1.